The highest BCUT2D eigenvalue weighted by atomic mass is 16.2. The van der Waals surface area contributed by atoms with Crippen LogP contribution in [0.25, 0.3) is 0 Å². The maximum absolute atomic E-state index is 11.9. The number of rotatable bonds is 1. The Balaban J connectivity index is 1.97. The van der Waals surface area contributed by atoms with Gasteiger partial charge in [-0.15, -0.1) is 10.2 Å². The number of hydrogen-bond donors (Lipinski definition) is 1. The molecular formula is C11H10N4O. The minimum Gasteiger partial charge on any atom is -0.299 e. The molecule has 16 heavy (non-hydrogen) atoms. The molecule has 0 saturated heterocycles. The normalized spacial score (nSPS) is 19.0. The Labute approximate surface area is 92.1 Å². The highest BCUT2D eigenvalue weighted by molar-refractivity contribution is 5.95. The molecule has 3 rings (SSSR count). The first-order chi connectivity index (χ1) is 7.84. The minimum atomic E-state index is -0.162. The van der Waals surface area contributed by atoms with E-state index in [1.807, 2.05) is 34.9 Å². The van der Waals surface area contributed by atoms with E-state index in [9.17, 15) is 4.79 Å². The standard InChI is InChI=1S/C11H10N4O/c16-10-9(8-4-2-1-3-5-8)6-15-7-12-14-11(15)13-10/h1-5,7,9H,6H2,(H,13,14,16). The fourth-order valence-electron chi connectivity index (χ4n) is 1.90. The molecule has 2 aromatic rings. The summed E-state index contributed by atoms with van der Waals surface area (Å²) in [6.45, 7) is 0.595. The number of hydrogen-bond acceptors (Lipinski definition) is 3. The van der Waals surface area contributed by atoms with Gasteiger partial charge in [0, 0.05) is 6.54 Å². The van der Waals surface area contributed by atoms with Crippen molar-refractivity contribution in [2.75, 3.05) is 5.32 Å². The summed E-state index contributed by atoms with van der Waals surface area (Å²) in [7, 11) is 0. The Kier molecular flexibility index (Phi) is 1.96. The molecule has 1 N–H and O–H groups in total. The van der Waals surface area contributed by atoms with Gasteiger partial charge < -0.3 is 0 Å². The first-order valence-corrected chi connectivity index (χ1v) is 5.08. The highest BCUT2D eigenvalue weighted by Gasteiger charge is 2.27. The van der Waals surface area contributed by atoms with Gasteiger partial charge in [-0.05, 0) is 5.56 Å². The van der Waals surface area contributed by atoms with Crippen molar-refractivity contribution in [3.05, 3.63) is 42.2 Å². The largest absolute Gasteiger partial charge is 0.299 e. The fraction of sp³-hybridized carbons (Fsp3) is 0.182. The predicted octanol–water partition coefficient (Wildman–Crippen LogP) is 1.01. The van der Waals surface area contributed by atoms with Crippen LogP contribution in [-0.2, 0) is 11.3 Å². The second-order valence-corrected chi connectivity index (χ2v) is 3.76. The van der Waals surface area contributed by atoms with Gasteiger partial charge in [-0.3, -0.25) is 14.7 Å². The predicted molar refractivity (Wildman–Crippen MR) is 57.8 cm³/mol. The summed E-state index contributed by atoms with van der Waals surface area (Å²) in [4.78, 5) is 11.9. The number of carbonyl (C=O) groups excluding carboxylic acids is 1. The second kappa shape index (κ2) is 3.44. The van der Waals surface area contributed by atoms with E-state index in [1.54, 1.807) is 6.33 Å². The molecule has 0 saturated carbocycles. The highest BCUT2D eigenvalue weighted by Crippen LogP contribution is 2.24. The van der Waals surface area contributed by atoms with Crippen molar-refractivity contribution in [1.29, 1.82) is 0 Å². The molecule has 80 valence electrons. The summed E-state index contributed by atoms with van der Waals surface area (Å²) in [5.74, 6) is 0.341. The monoisotopic (exact) mass is 214 g/mol. The molecule has 1 aliphatic rings. The molecule has 1 aliphatic heterocycles. The molecule has 1 atom stereocenters. The van der Waals surface area contributed by atoms with Crippen molar-refractivity contribution < 1.29 is 4.79 Å². The van der Waals surface area contributed by atoms with Gasteiger partial charge in [0.2, 0.25) is 11.9 Å². The number of aromatic nitrogens is 3. The van der Waals surface area contributed by atoms with Crippen molar-refractivity contribution in [3.63, 3.8) is 0 Å². The van der Waals surface area contributed by atoms with Gasteiger partial charge in [-0.2, -0.15) is 0 Å². The van der Waals surface area contributed by atoms with Crippen molar-refractivity contribution in [3.8, 4) is 0 Å². The first kappa shape index (κ1) is 9.08. The van der Waals surface area contributed by atoms with Crippen LogP contribution in [0.2, 0.25) is 0 Å². The maximum atomic E-state index is 11.9. The van der Waals surface area contributed by atoms with Gasteiger partial charge in [0.05, 0.1) is 5.92 Å². The van der Waals surface area contributed by atoms with Crippen LogP contribution in [0.3, 0.4) is 0 Å². The van der Waals surface area contributed by atoms with Crippen LogP contribution in [0.5, 0.6) is 0 Å². The van der Waals surface area contributed by atoms with E-state index in [1.165, 1.54) is 0 Å². The summed E-state index contributed by atoms with van der Waals surface area (Å²) in [5, 5.41) is 10.3. The number of anilines is 1. The van der Waals surface area contributed by atoms with E-state index in [4.69, 9.17) is 0 Å². The van der Waals surface area contributed by atoms with Crippen molar-refractivity contribution in [2.45, 2.75) is 12.5 Å². The summed E-state index contributed by atoms with van der Waals surface area (Å²) in [5.41, 5.74) is 1.01. The quantitative estimate of drug-likeness (QED) is 0.770. The summed E-state index contributed by atoms with van der Waals surface area (Å²) in [6.07, 6.45) is 1.63. The average Bonchev–Trinajstić information content (AvgIpc) is 2.76. The number of carbonyl (C=O) groups is 1. The van der Waals surface area contributed by atoms with E-state index in [2.05, 4.69) is 15.5 Å². The Morgan fingerprint density at radius 3 is 2.94 bits per heavy atom. The molecule has 1 amide bonds. The van der Waals surface area contributed by atoms with Gasteiger partial charge in [0.1, 0.15) is 6.33 Å². The molecule has 1 aromatic carbocycles. The Morgan fingerprint density at radius 2 is 2.12 bits per heavy atom. The lowest BCUT2D eigenvalue weighted by Crippen LogP contribution is -2.31. The Morgan fingerprint density at radius 1 is 1.31 bits per heavy atom. The van der Waals surface area contributed by atoms with Crippen LogP contribution in [-0.4, -0.2) is 20.7 Å². The first-order valence-electron chi connectivity index (χ1n) is 5.08. The van der Waals surface area contributed by atoms with E-state index in [0.717, 1.165) is 5.56 Å². The van der Waals surface area contributed by atoms with Gasteiger partial charge in [0.15, 0.2) is 0 Å². The SMILES string of the molecule is O=C1Nc2nncn2CC1c1ccccc1. The number of fused-ring (bicyclic) bond motifs is 1. The average molecular weight is 214 g/mol. The van der Waals surface area contributed by atoms with E-state index in [0.29, 0.717) is 12.5 Å². The number of amides is 1. The van der Waals surface area contributed by atoms with Crippen LogP contribution < -0.4 is 5.32 Å². The lowest BCUT2D eigenvalue weighted by molar-refractivity contribution is -0.118. The molecule has 1 aromatic heterocycles. The third kappa shape index (κ3) is 1.37. The molecule has 5 nitrogen and oxygen atoms in total. The number of benzene rings is 1. The van der Waals surface area contributed by atoms with Gasteiger partial charge in [0.25, 0.3) is 0 Å². The molecule has 0 bridgehead atoms. The lowest BCUT2D eigenvalue weighted by Gasteiger charge is -2.22. The van der Waals surface area contributed by atoms with E-state index in [-0.39, 0.29) is 11.8 Å². The van der Waals surface area contributed by atoms with Crippen molar-refractivity contribution in [2.24, 2.45) is 0 Å². The number of nitrogens with zero attached hydrogens (tertiary/aromatic N) is 3. The topological polar surface area (TPSA) is 59.8 Å². The summed E-state index contributed by atoms with van der Waals surface area (Å²) < 4.78 is 1.85. The maximum Gasteiger partial charge on any atom is 0.236 e. The summed E-state index contributed by atoms with van der Waals surface area (Å²) in [6, 6.07) is 9.72. The van der Waals surface area contributed by atoms with Gasteiger partial charge in [-0.1, -0.05) is 30.3 Å². The molecule has 1 unspecified atom stereocenters. The molecular weight excluding hydrogens is 204 g/mol. The number of nitrogens with one attached hydrogen (secondary N) is 1. The molecule has 2 heterocycles. The smallest absolute Gasteiger partial charge is 0.236 e. The van der Waals surface area contributed by atoms with Gasteiger partial charge in [-0.25, -0.2) is 0 Å². The third-order valence-corrected chi connectivity index (χ3v) is 2.75. The Bertz CT molecular complexity index is 520. The molecule has 0 fully saturated rings. The fourth-order valence-corrected chi connectivity index (χ4v) is 1.90. The van der Waals surface area contributed by atoms with E-state index >= 15 is 0 Å². The Hall–Kier alpha value is -2.17. The molecule has 5 heteroatoms. The molecule has 0 aliphatic carbocycles. The van der Waals surface area contributed by atoms with Crippen LogP contribution in [0.1, 0.15) is 11.5 Å². The lowest BCUT2D eigenvalue weighted by atomic mass is 9.97. The van der Waals surface area contributed by atoms with Gasteiger partial charge >= 0.3 is 0 Å². The molecule has 0 radical (unpaired) electrons. The minimum absolute atomic E-state index is 0.0216. The zero-order chi connectivity index (χ0) is 11.0. The van der Waals surface area contributed by atoms with Crippen LogP contribution in [0, 0.1) is 0 Å². The zero-order valence-electron chi connectivity index (χ0n) is 8.50. The summed E-state index contributed by atoms with van der Waals surface area (Å²) >= 11 is 0. The zero-order valence-corrected chi connectivity index (χ0v) is 8.50. The van der Waals surface area contributed by atoms with Crippen molar-refractivity contribution in [1.82, 2.24) is 14.8 Å². The van der Waals surface area contributed by atoms with Crippen LogP contribution in [0.4, 0.5) is 5.95 Å². The van der Waals surface area contributed by atoms with Crippen LogP contribution in [0.15, 0.2) is 36.7 Å². The van der Waals surface area contributed by atoms with Crippen molar-refractivity contribution >= 4 is 11.9 Å². The third-order valence-electron chi connectivity index (χ3n) is 2.75. The van der Waals surface area contributed by atoms with Crippen LogP contribution >= 0.6 is 0 Å². The van der Waals surface area contributed by atoms with E-state index < -0.39 is 0 Å². The molecule has 0 spiro atoms. The second-order valence-electron chi connectivity index (χ2n) is 3.76.